The fraction of sp³-hybridized carbons (Fsp3) is 0.889. The summed E-state index contributed by atoms with van der Waals surface area (Å²) in [7, 11) is 0. The number of hydrogen-bond donors (Lipinski definition) is 2. The highest BCUT2D eigenvalue weighted by Gasteiger charge is 2.20. The van der Waals surface area contributed by atoms with E-state index in [1.165, 1.54) is 18.6 Å². The zero-order chi connectivity index (χ0) is 9.68. The fourth-order valence-electron chi connectivity index (χ4n) is 1.33. The highest BCUT2D eigenvalue weighted by molar-refractivity contribution is 7.99. The van der Waals surface area contributed by atoms with Crippen molar-refractivity contribution in [1.82, 2.24) is 10.6 Å². The molecule has 1 saturated heterocycles. The predicted molar refractivity (Wildman–Crippen MR) is 64.1 cm³/mol. The van der Waals surface area contributed by atoms with Gasteiger partial charge in [-0.05, 0) is 37.7 Å². The molecule has 2 atom stereocenters. The summed E-state index contributed by atoms with van der Waals surface area (Å²) in [6.45, 7) is 4.41. The molecule has 0 radical (unpaired) electrons. The van der Waals surface area contributed by atoms with Gasteiger partial charge in [-0.25, -0.2) is 0 Å². The first kappa shape index (κ1) is 11.1. The van der Waals surface area contributed by atoms with Crippen molar-refractivity contribution in [2.45, 2.75) is 44.5 Å². The summed E-state index contributed by atoms with van der Waals surface area (Å²) in [6, 6.07) is 0.521. The molecule has 0 unspecified atom stereocenters. The minimum atomic E-state index is 0.521. The normalized spacial score (nSPS) is 28.0. The zero-order valence-corrected chi connectivity index (χ0v) is 9.93. The van der Waals surface area contributed by atoms with Crippen LogP contribution in [0.1, 0.15) is 33.1 Å². The molecule has 0 amide bonds. The van der Waals surface area contributed by atoms with Crippen LogP contribution >= 0.6 is 24.0 Å². The monoisotopic (exact) mass is 218 g/mol. The smallest absolute Gasteiger partial charge is 0.167 e. The molecule has 1 fully saturated rings. The lowest BCUT2D eigenvalue weighted by atomic mass is 10.2. The lowest BCUT2D eigenvalue weighted by molar-refractivity contribution is 0.527. The van der Waals surface area contributed by atoms with Gasteiger partial charge in [0.25, 0.3) is 0 Å². The van der Waals surface area contributed by atoms with Gasteiger partial charge in [0.2, 0.25) is 0 Å². The molecule has 1 rings (SSSR count). The van der Waals surface area contributed by atoms with Crippen molar-refractivity contribution in [3.63, 3.8) is 0 Å². The van der Waals surface area contributed by atoms with Crippen LogP contribution < -0.4 is 10.6 Å². The summed E-state index contributed by atoms with van der Waals surface area (Å²) in [5.41, 5.74) is 0. The van der Waals surface area contributed by atoms with Gasteiger partial charge in [-0.15, -0.1) is 11.8 Å². The van der Waals surface area contributed by atoms with Gasteiger partial charge in [0.15, 0.2) is 5.11 Å². The molecular formula is C9H18N2S2. The standard InChI is InChI=1S/C9H18N2S2/c1-3-4-5-13-8-6-7(2)10-9(12)11-8/h7-8H,3-6H2,1-2H3,(H2,10,11,12)/t7-,8+/m0/s1. The lowest BCUT2D eigenvalue weighted by Crippen LogP contribution is -2.52. The molecule has 0 bridgehead atoms. The van der Waals surface area contributed by atoms with Crippen molar-refractivity contribution in [3.8, 4) is 0 Å². The van der Waals surface area contributed by atoms with E-state index in [0.717, 1.165) is 11.5 Å². The first-order valence-corrected chi connectivity index (χ1v) is 6.36. The van der Waals surface area contributed by atoms with Crippen LogP contribution in [-0.2, 0) is 0 Å². The average molecular weight is 218 g/mol. The summed E-state index contributed by atoms with van der Waals surface area (Å²) < 4.78 is 0. The lowest BCUT2D eigenvalue weighted by Gasteiger charge is -2.30. The molecule has 0 aliphatic carbocycles. The van der Waals surface area contributed by atoms with Crippen LogP contribution in [0.3, 0.4) is 0 Å². The van der Waals surface area contributed by atoms with Crippen molar-refractivity contribution >= 4 is 29.1 Å². The maximum atomic E-state index is 5.10. The number of unbranched alkanes of at least 4 members (excludes halogenated alkanes) is 1. The van der Waals surface area contributed by atoms with Gasteiger partial charge in [0.05, 0.1) is 5.37 Å². The van der Waals surface area contributed by atoms with Crippen molar-refractivity contribution in [1.29, 1.82) is 0 Å². The quantitative estimate of drug-likeness (QED) is 0.557. The first-order valence-electron chi connectivity index (χ1n) is 4.91. The third kappa shape index (κ3) is 4.18. The van der Waals surface area contributed by atoms with E-state index in [1.807, 2.05) is 11.8 Å². The van der Waals surface area contributed by atoms with Gasteiger partial charge >= 0.3 is 0 Å². The maximum Gasteiger partial charge on any atom is 0.167 e. The van der Waals surface area contributed by atoms with Gasteiger partial charge in [-0.1, -0.05) is 13.3 Å². The largest absolute Gasteiger partial charge is 0.360 e. The third-order valence-corrected chi connectivity index (χ3v) is 3.53. The van der Waals surface area contributed by atoms with E-state index in [9.17, 15) is 0 Å². The predicted octanol–water partition coefficient (Wildman–Crippen LogP) is 2.10. The molecule has 13 heavy (non-hydrogen) atoms. The van der Waals surface area contributed by atoms with Gasteiger partial charge in [-0.3, -0.25) is 0 Å². The van der Waals surface area contributed by atoms with Crippen LogP contribution in [0.25, 0.3) is 0 Å². The van der Waals surface area contributed by atoms with Crippen LogP contribution in [0.5, 0.6) is 0 Å². The molecule has 0 aromatic rings. The Morgan fingerprint density at radius 1 is 1.54 bits per heavy atom. The van der Waals surface area contributed by atoms with E-state index in [0.29, 0.717) is 11.4 Å². The molecule has 2 N–H and O–H groups in total. The molecule has 2 nitrogen and oxygen atoms in total. The summed E-state index contributed by atoms with van der Waals surface area (Å²) in [6.07, 6.45) is 3.74. The molecule has 1 aliphatic rings. The Balaban J connectivity index is 2.21. The Bertz CT molecular complexity index is 173. The summed E-state index contributed by atoms with van der Waals surface area (Å²) in [4.78, 5) is 0. The van der Waals surface area contributed by atoms with Crippen molar-refractivity contribution < 1.29 is 0 Å². The summed E-state index contributed by atoms with van der Waals surface area (Å²) in [5.74, 6) is 1.24. The van der Waals surface area contributed by atoms with E-state index in [1.54, 1.807) is 0 Å². The Hall–Kier alpha value is 0.0400. The molecule has 4 heteroatoms. The molecule has 1 heterocycles. The highest BCUT2D eigenvalue weighted by atomic mass is 32.2. The molecule has 1 aliphatic heterocycles. The maximum absolute atomic E-state index is 5.10. The Morgan fingerprint density at radius 3 is 2.92 bits per heavy atom. The second kappa shape index (κ2) is 5.70. The van der Waals surface area contributed by atoms with Crippen LogP contribution in [-0.4, -0.2) is 22.3 Å². The first-order chi connectivity index (χ1) is 6.22. The average Bonchev–Trinajstić information content (AvgIpc) is 2.03. The minimum absolute atomic E-state index is 0.521. The molecular weight excluding hydrogens is 200 g/mol. The van der Waals surface area contributed by atoms with Gasteiger partial charge < -0.3 is 10.6 Å². The Labute approximate surface area is 90.2 Å². The van der Waals surface area contributed by atoms with Gasteiger partial charge in [0, 0.05) is 6.04 Å². The van der Waals surface area contributed by atoms with Crippen LogP contribution in [0, 0.1) is 0 Å². The number of hydrogen-bond acceptors (Lipinski definition) is 2. The highest BCUT2D eigenvalue weighted by Crippen LogP contribution is 2.18. The van der Waals surface area contributed by atoms with Crippen LogP contribution in [0.2, 0.25) is 0 Å². The van der Waals surface area contributed by atoms with E-state index in [-0.39, 0.29) is 0 Å². The fourth-order valence-corrected chi connectivity index (χ4v) is 3.11. The Kier molecular flexibility index (Phi) is 4.88. The van der Waals surface area contributed by atoms with E-state index < -0.39 is 0 Å². The van der Waals surface area contributed by atoms with Crippen LogP contribution in [0.15, 0.2) is 0 Å². The number of thiocarbonyl (C=S) groups is 1. The molecule has 0 aromatic carbocycles. The molecule has 76 valence electrons. The molecule has 0 aromatic heterocycles. The van der Waals surface area contributed by atoms with Crippen molar-refractivity contribution in [2.75, 3.05) is 5.75 Å². The third-order valence-electron chi connectivity index (χ3n) is 2.05. The minimum Gasteiger partial charge on any atom is -0.360 e. The topological polar surface area (TPSA) is 24.1 Å². The second-order valence-corrected chi connectivity index (χ2v) is 5.19. The zero-order valence-electron chi connectivity index (χ0n) is 8.30. The second-order valence-electron chi connectivity index (χ2n) is 3.47. The van der Waals surface area contributed by atoms with Crippen molar-refractivity contribution in [3.05, 3.63) is 0 Å². The van der Waals surface area contributed by atoms with Crippen LogP contribution in [0.4, 0.5) is 0 Å². The van der Waals surface area contributed by atoms with E-state index in [4.69, 9.17) is 12.2 Å². The number of thioether (sulfide) groups is 1. The van der Waals surface area contributed by atoms with E-state index in [2.05, 4.69) is 24.5 Å². The summed E-state index contributed by atoms with van der Waals surface area (Å²) >= 11 is 7.09. The van der Waals surface area contributed by atoms with E-state index >= 15 is 0 Å². The SMILES string of the molecule is CCCCS[C@@H]1C[C@H](C)NC(=S)N1. The van der Waals surface area contributed by atoms with Crippen molar-refractivity contribution in [2.24, 2.45) is 0 Å². The Morgan fingerprint density at radius 2 is 2.31 bits per heavy atom. The number of nitrogens with one attached hydrogen (secondary N) is 2. The van der Waals surface area contributed by atoms with Gasteiger partial charge in [0.1, 0.15) is 0 Å². The number of rotatable bonds is 4. The molecule has 0 saturated carbocycles. The summed E-state index contributed by atoms with van der Waals surface area (Å²) in [5, 5.41) is 7.83. The van der Waals surface area contributed by atoms with Gasteiger partial charge in [-0.2, -0.15) is 0 Å². The molecule has 0 spiro atoms.